The minimum atomic E-state index is -0.351. The van der Waals surface area contributed by atoms with Crippen LogP contribution >= 0.6 is 0 Å². The maximum absolute atomic E-state index is 13.0. The molecule has 0 aliphatic carbocycles. The highest BCUT2D eigenvalue weighted by atomic mass is 19.1. The number of methoxy groups -OCH3 is 1. The first-order valence-electron chi connectivity index (χ1n) is 9.15. The molecule has 154 valence electrons. The molecular weight excluding hydrogens is 390 g/mol. The summed E-state index contributed by atoms with van der Waals surface area (Å²) in [6.07, 6.45) is 1.58. The second-order valence-corrected chi connectivity index (χ2v) is 6.42. The lowest BCUT2D eigenvalue weighted by Gasteiger charge is -2.11. The number of benzene rings is 3. The van der Waals surface area contributed by atoms with Gasteiger partial charge in [0.15, 0.2) is 11.5 Å². The van der Waals surface area contributed by atoms with Crippen molar-refractivity contribution < 1.29 is 23.0 Å². The van der Waals surface area contributed by atoms with Crippen LogP contribution in [0.3, 0.4) is 0 Å². The van der Waals surface area contributed by atoms with Crippen molar-refractivity contribution in [1.82, 2.24) is 5.43 Å². The molecule has 0 saturated carbocycles. The third-order valence-electron chi connectivity index (χ3n) is 4.18. The first-order valence-corrected chi connectivity index (χ1v) is 9.15. The van der Waals surface area contributed by atoms with Crippen LogP contribution in [0.15, 0.2) is 71.8 Å². The third kappa shape index (κ3) is 6.13. The molecule has 0 aliphatic heterocycles. The van der Waals surface area contributed by atoms with Crippen molar-refractivity contribution >= 4 is 12.1 Å². The lowest BCUT2D eigenvalue weighted by Crippen LogP contribution is -2.19. The van der Waals surface area contributed by atoms with Crippen LogP contribution in [0.25, 0.3) is 0 Å². The number of nitrogens with zero attached hydrogens (tertiary/aromatic N) is 1. The molecule has 0 aliphatic rings. The van der Waals surface area contributed by atoms with E-state index in [0.717, 1.165) is 5.56 Å². The zero-order chi connectivity index (χ0) is 21.3. The van der Waals surface area contributed by atoms with Crippen molar-refractivity contribution in [2.45, 2.75) is 13.0 Å². The van der Waals surface area contributed by atoms with Crippen LogP contribution in [0, 0.1) is 11.6 Å². The number of hydrogen-bond acceptors (Lipinski definition) is 4. The summed E-state index contributed by atoms with van der Waals surface area (Å²) >= 11 is 0. The summed E-state index contributed by atoms with van der Waals surface area (Å²) in [5, 5.41) is 3.93. The van der Waals surface area contributed by atoms with Crippen LogP contribution in [-0.2, 0) is 17.8 Å². The Balaban J connectivity index is 1.56. The second kappa shape index (κ2) is 10.2. The Hall–Kier alpha value is -3.74. The van der Waals surface area contributed by atoms with Gasteiger partial charge in [-0.1, -0.05) is 24.3 Å². The number of carbonyl (C=O) groups is 1. The smallest absolute Gasteiger partial charge is 0.244 e. The first-order chi connectivity index (χ1) is 14.5. The molecule has 7 heteroatoms. The summed E-state index contributed by atoms with van der Waals surface area (Å²) in [6.45, 7) is 0.267. The Morgan fingerprint density at radius 3 is 2.20 bits per heavy atom. The molecule has 3 aromatic rings. The largest absolute Gasteiger partial charge is 0.493 e. The van der Waals surface area contributed by atoms with Gasteiger partial charge in [-0.15, -0.1) is 0 Å². The van der Waals surface area contributed by atoms with Crippen molar-refractivity contribution in [2.24, 2.45) is 5.10 Å². The molecule has 0 heterocycles. The molecule has 0 atom stereocenters. The molecule has 0 saturated heterocycles. The van der Waals surface area contributed by atoms with Crippen LogP contribution in [0.5, 0.6) is 11.5 Å². The van der Waals surface area contributed by atoms with E-state index in [1.54, 1.807) is 42.5 Å². The maximum Gasteiger partial charge on any atom is 0.244 e. The molecule has 3 rings (SSSR count). The molecule has 0 bridgehead atoms. The van der Waals surface area contributed by atoms with Crippen LogP contribution in [0.4, 0.5) is 8.78 Å². The number of carbonyl (C=O) groups excluding carboxylic acids is 1. The lowest BCUT2D eigenvalue weighted by atomic mass is 10.1. The van der Waals surface area contributed by atoms with Crippen molar-refractivity contribution in [3.63, 3.8) is 0 Å². The minimum absolute atomic E-state index is 0.0943. The average Bonchev–Trinajstić information content (AvgIpc) is 2.75. The van der Waals surface area contributed by atoms with Crippen LogP contribution < -0.4 is 14.9 Å². The molecule has 1 amide bonds. The molecule has 0 spiro atoms. The fraction of sp³-hybridized carbons (Fsp3) is 0.130. The molecule has 0 fully saturated rings. The molecular formula is C23H20F2N2O3. The predicted molar refractivity (Wildman–Crippen MR) is 110 cm³/mol. The Labute approximate surface area is 173 Å². The number of hydrogen-bond donors (Lipinski definition) is 1. The van der Waals surface area contributed by atoms with Crippen molar-refractivity contribution in [2.75, 3.05) is 7.11 Å². The fourth-order valence-electron chi connectivity index (χ4n) is 2.63. The van der Waals surface area contributed by atoms with Gasteiger partial charge in [0.05, 0.1) is 19.7 Å². The van der Waals surface area contributed by atoms with Gasteiger partial charge in [-0.25, -0.2) is 14.2 Å². The number of amides is 1. The molecule has 0 aromatic heterocycles. The van der Waals surface area contributed by atoms with Crippen LogP contribution in [0.1, 0.15) is 16.7 Å². The Bertz CT molecular complexity index is 1020. The fourth-order valence-corrected chi connectivity index (χ4v) is 2.63. The summed E-state index contributed by atoms with van der Waals surface area (Å²) in [7, 11) is 1.52. The van der Waals surface area contributed by atoms with E-state index < -0.39 is 0 Å². The summed E-state index contributed by atoms with van der Waals surface area (Å²) in [5.41, 5.74) is 4.64. The average molecular weight is 410 g/mol. The summed E-state index contributed by atoms with van der Waals surface area (Å²) < 4.78 is 37.0. The monoisotopic (exact) mass is 410 g/mol. The SMILES string of the molecule is COc1cc(/C=N/NC(=O)Cc2ccc(F)cc2)ccc1OCc1ccc(F)cc1. The van der Waals surface area contributed by atoms with E-state index in [2.05, 4.69) is 10.5 Å². The third-order valence-corrected chi connectivity index (χ3v) is 4.18. The lowest BCUT2D eigenvalue weighted by molar-refractivity contribution is -0.120. The quantitative estimate of drug-likeness (QED) is 0.446. The van der Waals surface area contributed by atoms with E-state index in [4.69, 9.17) is 9.47 Å². The standard InChI is InChI=1S/C23H20F2N2O3/c1-29-22-12-18(6-11-21(22)30-15-17-4-9-20(25)10-5-17)14-26-27-23(28)13-16-2-7-19(24)8-3-16/h2-12,14H,13,15H2,1H3,(H,27,28)/b26-14+. The number of hydrazone groups is 1. The summed E-state index contributed by atoms with van der Waals surface area (Å²) in [6, 6.07) is 17.0. The van der Waals surface area contributed by atoms with Crippen molar-refractivity contribution in [1.29, 1.82) is 0 Å². The molecule has 1 N–H and O–H groups in total. The minimum Gasteiger partial charge on any atom is -0.493 e. The van der Waals surface area contributed by atoms with Gasteiger partial charge >= 0.3 is 0 Å². The van der Waals surface area contributed by atoms with Gasteiger partial charge in [0.25, 0.3) is 0 Å². The van der Waals surface area contributed by atoms with E-state index in [-0.39, 0.29) is 30.6 Å². The first kappa shape index (κ1) is 21.0. The summed E-state index contributed by atoms with van der Waals surface area (Å²) in [5.74, 6) is 0.0584. The zero-order valence-corrected chi connectivity index (χ0v) is 16.3. The van der Waals surface area contributed by atoms with Gasteiger partial charge in [-0.2, -0.15) is 5.10 Å². The van der Waals surface area contributed by atoms with Gasteiger partial charge < -0.3 is 9.47 Å². The van der Waals surface area contributed by atoms with Crippen molar-refractivity contribution in [3.8, 4) is 11.5 Å². The van der Waals surface area contributed by atoms with Crippen LogP contribution in [0.2, 0.25) is 0 Å². The molecule has 30 heavy (non-hydrogen) atoms. The van der Waals surface area contributed by atoms with E-state index in [0.29, 0.717) is 22.6 Å². The Morgan fingerprint density at radius 2 is 1.57 bits per heavy atom. The highest BCUT2D eigenvalue weighted by Gasteiger charge is 2.06. The number of halogens is 2. The van der Waals surface area contributed by atoms with Gasteiger partial charge in [-0.3, -0.25) is 4.79 Å². The van der Waals surface area contributed by atoms with Gasteiger partial charge in [0.1, 0.15) is 18.2 Å². The maximum atomic E-state index is 13.0. The van der Waals surface area contributed by atoms with Gasteiger partial charge in [0, 0.05) is 0 Å². The Kier molecular flexibility index (Phi) is 7.10. The van der Waals surface area contributed by atoms with Crippen molar-refractivity contribution in [3.05, 3.63) is 95.1 Å². The molecule has 0 unspecified atom stereocenters. The normalized spacial score (nSPS) is 10.8. The summed E-state index contributed by atoms with van der Waals surface area (Å²) in [4.78, 5) is 11.9. The van der Waals surface area contributed by atoms with Gasteiger partial charge in [0.2, 0.25) is 5.91 Å². The highest BCUT2D eigenvalue weighted by molar-refractivity contribution is 5.84. The molecule has 3 aromatic carbocycles. The number of rotatable bonds is 8. The van der Waals surface area contributed by atoms with E-state index >= 15 is 0 Å². The second-order valence-electron chi connectivity index (χ2n) is 6.42. The zero-order valence-electron chi connectivity index (χ0n) is 16.3. The topological polar surface area (TPSA) is 59.9 Å². The van der Waals surface area contributed by atoms with Gasteiger partial charge in [-0.05, 0) is 59.2 Å². The predicted octanol–water partition coefficient (Wildman–Crippen LogP) is 4.25. The highest BCUT2D eigenvalue weighted by Crippen LogP contribution is 2.28. The van der Waals surface area contributed by atoms with E-state index in [1.807, 2.05) is 0 Å². The number of nitrogens with one attached hydrogen (secondary N) is 1. The van der Waals surface area contributed by atoms with Crippen LogP contribution in [-0.4, -0.2) is 19.2 Å². The Morgan fingerprint density at radius 1 is 0.933 bits per heavy atom. The molecule has 5 nitrogen and oxygen atoms in total. The molecule has 0 radical (unpaired) electrons. The van der Waals surface area contributed by atoms with E-state index in [1.165, 1.54) is 37.6 Å². The number of ether oxygens (including phenoxy) is 2. The van der Waals surface area contributed by atoms with E-state index in [9.17, 15) is 13.6 Å².